The van der Waals surface area contributed by atoms with E-state index < -0.39 is 5.60 Å². The highest BCUT2D eigenvalue weighted by atomic mass is 16.3. The largest absolute Gasteiger partial charge is 0.379 e. The molecule has 0 aliphatic rings. The molecule has 1 unspecified atom stereocenters. The molecule has 0 aliphatic heterocycles. The maximum Gasteiger partial charge on any atom is 0.127 e. The van der Waals surface area contributed by atoms with Crippen molar-refractivity contribution in [3.63, 3.8) is 0 Å². The predicted molar refractivity (Wildman–Crippen MR) is 79.3 cm³/mol. The molecule has 2 nitrogen and oxygen atoms in total. The second kappa shape index (κ2) is 5.55. The average Bonchev–Trinajstić information content (AvgIpc) is 2.39. The zero-order chi connectivity index (χ0) is 13.9. The fourth-order valence-electron chi connectivity index (χ4n) is 2.60. The first-order valence-electron chi connectivity index (χ1n) is 6.58. The minimum absolute atomic E-state index is 0.487. The molecule has 0 saturated heterocycles. The molecule has 0 fully saturated rings. The predicted octanol–water partition coefficient (Wildman–Crippen LogP) is 2.76. The maximum atomic E-state index is 11.2. The van der Waals surface area contributed by atoms with Crippen molar-refractivity contribution in [1.29, 1.82) is 0 Å². The zero-order valence-electron chi connectivity index (χ0n) is 11.8. The van der Waals surface area contributed by atoms with Gasteiger partial charge in [0.05, 0.1) is 0 Å². The summed E-state index contributed by atoms with van der Waals surface area (Å²) in [7, 11) is 1.86. The highest BCUT2D eigenvalue weighted by molar-refractivity contribution is 5.42. The summed E-state index contributed by atoms with van der Waals surface area (Å²) in [6.07, 6.45) is 0. The molecule has 2 heteroatoms. The van der Waals surface area contributed by atoms with Crippen LogP contribution in [0.15, 0.2) is 48.5 Å². The van der Waals surface area contributed by atoms with E-state index in [1.54, 1.807) is 0 Å². The fourth-order valence-corrected chi connectivity index (χ4v) is 2.60. The first-order chi connectivity index (χ1) is 9.08. The number of aliphatic hydroxyl groups is 1. The number of hydrogen-bond acceptors (Lipinski definition) is 2. The lowest BCUT2D eigenvalue weighted by atomic mass is 9.83. The van der Waals surface area contributed by atoms with Crippen molar-refractivity contribution in [2.75, 3.05) is 13.6 Å². The molecule has 0 saturated carbocycles. The van der Waals surface area contributed by atoms with E-state index in [-0.39, 0.29) is 0 Å². The number of rotatable bonds is 4. The molecule has 0 spiro atoms. The standard InChI is InChI=1S/C17H21NO/c1-13-9-10-16(14(2)11-13)17(19,12-18-3)15-7-5-4-6-8-15/h4-11,18-19H,12H2,1-3H3. The Balaban J connectivity index is 2.56. The summed E-state index contributed by atoms with van der Waals surface area (Å²) < 4.78 is 0. The summed E-state index contributed by atoms with van der Waals surface area (Å²) in [5.74, 6) is 0. The van der Waals surface area contributed by atoms with E-state index in [2.05, 4.69) is 18.3 Å². The fraction of sp³-hybridized carbons (Fsp3) is 0.294. The van der Waals surface area contributed by atoms with Gasteiger partial charge in [0.25, 0.3) is 0 Å². The van der Waals surface area contributed by atoms with Crippen LogP contribution in [0.1, 0.15) is 22.3 Å². The van der Waals surface area contributed by atoms with E-state index in [0.717, 1.165) is 16.7 Å². The highest BCUT2D eigenvalue weighted by Crippen LogP contribution is 2.31. The van der Waals surface area contributed by atoms with Crippen LogP contribution in [0.3, 0.4) is 0 Å². The molecule has 0 heterocycles. The van der Waals surface area contributed by atoms with E-state index in [0.29, 0.717) is 6.54 Å². The highest BCUT2D eigenvalue weighted by Gasteiger charge is 2.31. The van der Waals surface area contributed by atoms with Gasteiger partial charge in [-0.1, -0.05) is 54.1 Å². The van der Waals surface area contributed by atoms with Gasteiger partial charge >= 0.3 is 0 Å². The van der Waals surface area contributed by atoms with E-state index in [9.17, 15) is 5.11 Å². The Labute approximate surface area is 115 Å². The molecule has 0 aliphatic carbocycles. The topological polar surface area (TPSA) is 32.3 Å². The van der Waals surface area contributed by atoms with Crippen molar-refractivity contribution in [2.24, 2.45) is 0 Å². The molecule has 19 heavy (non-hydrogen) atoms. The van der Waals surface area contributed by atoms with Crippen LogP contribution in [0.5, 0.6) is 0 Å². The van der Waals surface area contributed by atoms with Gasteiger partial charge < -0.3 is 10.4 Å². The molecule has 2 rings (SSSR count). The monoisotopic (exact) mass is 255 g/mol. The van der Waals surface area contributed by atoms with Crippen LogP contribution in [0.2, 0.25) is 0 Å². The Morgan fingerprint density at radius 3 is 2.32 bits per heavy atom. The summed E-state index contributed by atoms with van der Waals surface area (Å²) in [4.78, 5) is 0. The third-order valence-electron chi connectivity index (χ3n) is 3.51. The van der Waals surface area contributed by atoms with Crippen molar-refractivity contribution in [2.45, 2.75) is 19.4 Å². The summed E-state index contributed by atoms with van der Waals surface area (Å²) in [6.45, 7) is 4.60. The summed E-state index contributed by atoms with van der Waals surface area (Å²) >= 11 is 0. The van der Waals surface area contributed by atoms with Gasteiger partial charge in [0.15, 0.2) is 0 Å². The van der Waals surface area contributed by atoms with Crippen molar-refractivity contribution in [1.82, 2.24) is 5.32 Å². The smallest absolute Gasteiger partial charge is 0.127 e. The van der Waals surface area contributed by atoms with Gasteiger partial charge in [-0.25, -0.2) is 0 Å². The first-order valence-corrected chi connectivity index (χ1v) is 6.58. The number of likely N-dealkylation sites (N-methyl/N-ethyl adjacent to an activating group) is 1. The lowest BCUT2D eigenvalue weighted by Crippen LogP contribution is -2.38. The SMILES string of the molecule is CNCC(O)(c1ccccc1)c1ccc(C)cc1C. The van der Waals surface area contributed by atoms with Crippen LogP contribution >= 0.6 is 0 Å². The van der Waals surface area contributed by atoms with E-state index in [4.69, 9.17) is 0 Å². The molecule has 0 bridgehead atoms. The minimum Gasteiger partial charge on any atom is -0.379 e. The maximum absolute atomic E-state index is 11.2. The minimum atomic E-state index is -0.992. The van der Waals surface area contributed by atoms with Gasteiger partial charge in [0.1, 0.15) is 5.60 Å². The Kier molecular flexibility index (Phi) is 4.03. The van der Waals surface area contributed by atoms with Crippen molar-refractivity contribution in [3.8, 4) is 0 Å². The van der Waals surface area contributed by atoms with E-state index in [1.807, 2.05) is 56.4 Å². The number of aryl methyl sites for hydroxylation is 2. The van der Waals surface area contributed by atoms with Gasteiger partial charge in [-0.15, -0.1) is 0 Å². The van der Waals surface area contributed by atoms with Crippen molar-refractivity contribution >= 4 is 0 Å². The van der Waals surface area contributed by atoms with Crippen molar-refractivity contribution in [3.05, 3.63) is 70.8 Å². The van der Waals surface area contributed by atoms with Gasteiger partial charge in [-0.3, -0.25) is 0 Å². The summed E-state index contributed by atoms with van der Waals surface area (Å²) in [5.41, 5.74) is 3.20. The van der Waals surface area contributed by atoms with Crippen LogP contribution < -0.4 is 5.32 Å². The molecule has 100 valence electrons. The molecule has 0 aromatic heterocycles. The molecule has 2 N–H and O–H groups in total. The molecule has 0 radical (unpaired) electrons. The average molecular weight is 255 g/mol. The van der Waals surface area contributed by atoms with E-state index >= 15 is 0 Å². The molecule has 2 aromatic carbocycles. The third kappa shape index (κ3) is 2.70. The van der Waals surface area contributed by atoms with Gasteiger partial charge in [0.2, 0.25) is 0 Å². The molecule has 2 aromatic rings. The lowest BCUT2D eigenvalue weighted by Gasteiger charge is -2.31. The van der Waals surface area contributed by atoms with Crippen LogP contribution in [-0.2, 0) is 5.60 Å². The van der Waals surface area contributed by atoms with Gasteiger partial charge in [-0.2, -0.15) is 0 Å². The Hall–Kier alpha value is -1.64. The van der Waals surface area contributed by atoms with Gasteiger partial charge in [0, 0.05) is 6.54 Å². The van der Waals surface area contributed by atoms with Crippen LogP contribution in [0.25, 0.3) is 0 Å². The van der Waals surface area contributed by atoms with Crippen LogP contribution in [-0.4, -0.2) is 18.7 Å². The second-order valence-corrected chi connectivity index (χ2v) is 5.08. The summed E-state index contributed by atoms with van der Waals surface area (Å²) in [5, 5.41) is 14.3. The first kappa shape index (κ1) is 13.8. The number of hydrogen-bond donors (Lipinski definition) is 2. The second-order valence-electron chi connectivity index (χ2n) is 5.08. The normalized spacial score (nSPS) is 14.1. The number of nitrogens with one attached hydrogen (secondary N) is 1. The Morgan fingerprint density at radius 1 is 1.05 bits per heavy atom. The summed E-state index contributed by atoms with van der Waals surface area (Å²) in [6, 6.07) is 16.0. The zero-order valence-corrected chi connectivity index (χ0v) is 11.8. The Bertz CT molecular complexity index is 550. The van der Waals surface area contributed by atoms with Gasteiger partial charge in [-0.05, 0) is 37.6 Å². The Morgan fingerprint density at radius 2 is 1.74 bits per heavy atom. The van der Waals surface area contributed by atoms with Crippen LogP contribution in [0.4, 0.5) is 0 Å². The van der Waals surface area contributed by atoms with E-state index in [1.165, 1.54) is 5.56 Å². The quantitative estimate of drug-likeness (QED) is 0.880. The van der Waals surface area contributed by atoms with Crippen LogP contribution in [0, 0.1) is 13.8 Å². The molecular formula is C17H21NO. The molecule has 1 atom stereocenters. The third-order valence-corrected chi connectivity index (χ3v) is 3.51. The molecular weight excluding hydrogens is 234 g/mol. The van der Waals surface area contributed by atoms with Crippen molar-refractivity contribution < 1.29 is 5.11 Å². The number of benzene rings is 2. The lowest BCUT2D eigenvalue weighted by molar-refractivity contribution is 0.0816. The molecule has 0 amide bonds.